The predicted molar refractivity (Wildman–Crippen MR) is 74.8 cm³/mol. The first-order valence-electron chi connectivity index (χ1n) is 5.28. The molecule has 0 spiro atoms. The molecule has 6 heteroatoms. The molecular formula is C11H17BrN2O2S. The Morgan fingerprint density at radius 2 is 2.00 bits per heavy atom. The SMILES string of the molecule is CNCC(C)S(=O)(=O)Nc1cc(C)cc(Br)c1. The molecular weight excluding hydrogens is 304 g/mol. The summed E-state index contributed by atoms with van der Waals surface area (Å²) in [7, 11) is -1.61. The third-order valence-corrected chi connectivity index (χ3v) is 4.53. The smallest absolute Gasteiger partial charge is 0.236 e. The molecule has 0 saturated carbocycles. The van der Waals surface area contributed by atoms with Gasteiger partial charge in [-0.15, -0.1) is 0 Å². The van der Waals surface area contributed by atoms with Crippen LogP contribution in [0.4, 0.5) is 5.69 Å². The van der Waals surface area contributed by atoms with Crippen LogP contribution < -0.4 is 10.0 Å². The van der Waals surface area contributed by atoms with Crippen molar-refractivity contribution in [3.8, 4) is 0 Å². The number of hydrogen-bond acceptors (Lipinski definition) is 3. The van der Waals surface area contributed by atoms with Crippen molar-refractivity contribution >= 4 is 31.6 Å². The Kier molecular flexibility index (Phi) is 4.97. The summed E-state index contributed by atoms with van der Waals surface area (Å²) in [6.07, 6.45) is 0. The minimum absolute atomic E-state index is 0.419. The Labute approximate surface area is 111 Å². The molecule has 4 nitrogen and oxygen atoms in total. The van der Waals surface area contributed by atoms with Gasteiger partial charge in [0.2, 0.25) is 10.0 Å². The lowest BCUT2D eigenvalue weighted by Crippen LogP contribution is -2.33. The maximum atomic E-state index is 11.9. The van der Waals surface area contributed by atoms with E-state index in [1.807, 2.05) is 13.0 Å². The summed E-state index contributed by atoms with van der Waals surface area (Å²) >= 11 is 3.34. The lowest BCUT2D eigenvalue weighted by Gasteiger charge is -2.14. The fourth-order valence-electron chi connectivity index (χ4n) is 1.46. The highest BCUT2D eigenvalue weighted by atomic mass is 79.9. The van der Waals surface area contributed by atoms with E-state index in [1.165, 1.54) is 0 Å². The molecule has 0 amide bonds. The second kappa shape index (κ2) is 5.84. The molecule has 0 aliphatic heterocycles. The van der Waals surface area contributed by atoms with Gasteiger partial charge >= 0.3 is 0 Å². The van der Waals surface area contributed by atoms with Crippen molar-refractivity contribution in [2.45, 2.75) is 19.1 Å². The van der Waals surface area contributed by atoms with Gasteiger partial charge in [-0.2, -0.15) is 0 Å². The van der Waals surface area contributed by atoms with Gasteiger partial charge in [-0.25, -0.2) is 8.42 Å². The van der Waals surface area contributed by atoms with Crippen LogP contribution in [0.15, 0.2) is 22.7 Å². The van der Waals surface area contributed by atoms with Crippen LogP contribution in [0.1, 0.15) is 12.5 Å². The van der Waals surface area contributed by atoms with Crippen LogP contribution >= 0.6 is 15.9 Å². The fourth-order valence-corrected chi connectivity index (χ4v) is 3.10. The van der Waals surface area contributed by atoms with Crippen molar-refractivity contribution in [1.29, 1.82) is 0 Å². The van der Waals surface area contributed by atoms with Crippen molar-refractivity contribution in [3.63, 3.8) is 0 Å². The number of nitrogens with one attached hydrogen (secondary N) is 2. The number of benzene rings is 1. The summed E-state index contributed by atoms with van der Waals surface area (Å²) in [5, 5.41) is 2.37. The van der Waals surface area contributed by atoms with Crippen LogP contribution in [-0.2, 0) is 10.0 Å². The maximum Gasteiger partial charge on any atom is 0.236 e. The van der Waals surface area contributed by atoms with Gasteiger partial charge in [0.15, 0.2) is 0 Å². The number of sulfonamides is 1. The third kappa shape index (κ3) is 4.29. The second-order valence-electron chi connectivity index (χ2n) is 4.03. The van der Waals surface area contributed by atoms with Gasteiger partial charge in [0.1, 0.15) is 0 Å². The van der Waals surface area contributed by atoms with Crippen LogP contribution in [0.3, 0.4) is 0 Å². The number of hydrogen-bond donors (Lipinski definition) is 2. The molecule has 17 heavy (non-hydrogen) atoms. The van der Waals surface area contributed by atoms with Crippen molar-refractivity contribution in [1.82, 2.24) is 5.32 Å². The molecule has 1 aromatic rings. The van der Waals surface area contributed by atoms with Crippen LogP contribution in [0, 0.1) is 6.92 Å². The van der Waals surface area contributed by atoms with E-state index in [1.54, 1.807) is 26.1 Å². The number of aryl methyl sites for hydroxylation is 1. The first-order valence-corrected chi connectivity index (χ1v) is 7.62. The van der Waals surface area contributed by atoms with Gasteiger partial charge < -0.3 is 5.32 Å². The number of halogens is 1. The first kappa shape index (κ1) is 14.5. The molecule has 0 bridgehead atoms. The van der Waals surface area contributed by atoms with Gasteiger partial charge in [-0.05, 0) is 44.7 Å². The molecule has 0 saturated heterocycles. The quantitative estimate of drug-likeness (QED) is 0.873. The molecule has 0 fully saturated rings. The average molecular weight is 321 g/mol. The highest BCUT2D eigenvalue weighted by molar-refractivity contribution is 9.10. The monoisotopic (exact) mass is 320 g/mol. The standard InChI is InChI=1S/C11H17BrN2O2S/c1-8-4-10(12)6-11(5-8)14-17(15,16)9(2)7-13-3/h4-6,9,13-14H,7H2,1-3H3. The molecule has 2 N–H and O–H groups in total. The average Bonchev–Trinajstić information content (AvgIpc) is 2.15. The Morgan fingerprint density at radius 1 is 1.35 bits per heavy atom. The largest absolute Gasteiger partial charge is 0.318 e. The van der Waals surface area contributed by atoms with Crippen molar-refractivity contribution in [3.05, 3.63) is 28.2 Å². The highest BCUT2D eigenvalue weighted by Crippen LogP contribution is 2.20. The minimum Gasteiger partial charge on any atom is -0.318 e. The molecule has 1 aromatic carbocycles. The lowest BCUT2D eigenvalue weighted by atomic mass is 10.2. The van der Waals surface area contributed by atoms with E-state index in [4.69, 9.17) is 0 Å². The molecule has 0 radical (unpaired) electrons. The normalized spacial score (nSPS) is 13.4. The van der Waals surface area contributed by atoms with Gasteiger partial charge in [0.05, 0.1) is 5.25 Å². The Bertz CT molecular complexity index is 468. The van der Waals surface area contributed by atoms with Crippen molar-refractivity contribution in [2.24, 2.45) is 0 Å². The Morgan fingerprint density at radius 3 is 2.53 bits per heavy atom. The molecule has 0 heterocycles. The van der Waals surface area contributed by atoms with E-state index in [0.29, 0.717) is 12.2 Å². The third-order valence-electron chi connectivity index (χ3n) is 2.32. The van der Waals surface area contributed by atoms with E-state index in [9.17, 15) is 8.42 Å². The van der Waals surface area contributed by atoms with Crippen molar-refractivity contribution < 1.29 is 8.42 Å². The summed E-state index contributed by atoms with van der Waals surface area (Å²) in [6, 6.07) is 5.47. The molecule has 0 aliphatic rings. The molecule has 0 aliphatic carbocycles. The predicted octanol–water partition coefficient (Wildman–Crippen LogP) is 2.11. The van der Waals surface area contributed by atoms with E-state index >= 15 is 0 Å². The highest BCUT2D eigenvalue weighted by Gasteiger charge is 2.19. The van der Waals surface area contributed by atoms with Gasteiger partial charge in [0.25, 0.3) is 0 Å². The second-order valence-corrected chi connectivity index (χ2v) is 7.05. The summed E-state index contributed by atoms with van der Waals surface area (Å²) in [5.41, 5.74) is 1.58. The zero-order valence-electron chi connectivity index (χ0n) is 10.1. The summed E-state index contributed by atoms with van der Waals surface area (Å²) in [4.78, 5) is 0. The number of rotatable bonds is 5. The molecule has 1 rings (SSSR count). The topological polar surface area (TPSA) is 58.2 Å². The van der Waals surface area contributed by atoms with Gasteiger partial charge in [-0.1, -0.05) is 15.9 Å². The zero-order chi connectivity index (χ0) is 13.1. The van der Waals surface area contributed by atoms with Crippen LogP contribution in [0.25, 0.3) is 0 Å². The van der Waals surface area contributed by atoms with E-state index < -0.39 is 15.3 Å². The summed E-state index contributed by atoms with van der Waals surface area (Å²) < 4.78 is 27.3. The molecule has 0 aromatic heterocycles. The molecule has 1 atom stereocenters. The van der Waals surface area contributed by atoms with Gasteiger partial charge in [0, 0.05) is 16.7 Å². The van der Waals surface area contributed by atoms with E-state index in [-0.39, 0.29) is 0 Å². The summed E-state index contributed by atoms with van der Waals surface area (Å²) in [5.74, 6) is 0. The maximum absolute atomic E-state index is 11.9. The van der Waals surface area contributed by atoms with E-state index in [0.717, 1.165) is 10.0 Å². The molecule has 96 valence electrons. The van der Waals surface area contributed by atoms with Crippen LogP contribution in [0.5, 0.6) is 0 Å². The molecule has 1 unspecified atom stereocenters. The summed E-state index contributed by atoms with van der Waals surface area (Å²) in [6.45, 7) is 4.01. The van der Waals surface area contributed by atoms with Gasteiger partial charge in [-0.3, -0.25) is 4.72 Å². The first-order chi connectivity index (χ1) is 7.85. The van der Waals surface area contributed by atoms with Crippen LogP contribution in [0.2, 0.25) is 0 Å². The number of anilines is 1. The van der Waals surface area contributed by atoms with Crippen molar-refractivity contribution in [2.75, 3.05) is 18.3 Å². The minimum atomic E-state index is -3.34. The van der Waals surface area contributed by atoms with E-state index in [2.05, 4.69) is 26.0 Å². The van der Waals surface area contributed by atoms with Crippen LogP contribution in [-0.4, -0.2) is 27.3 Å². The zero-order valence-corrected chi connectivity index (χ0v) is 12.5. The Balaban J connectivity index is 2.90. The fraction of sp³-hybridized carbons (Fsp3) is 0.455. The Hall–Kier alpha value is -0.590. The lowest BCUT2D eigenvalue weighted by molar-refractivity contribution is 0.584.